The summed E-state index contributed by atoms with van der Waals surface area (Å²) in [5.74, 6) is 5.58. The smallest absolute Gasteiger partial charge is 0.252 e. The number of aryl methyl sites for hydroxylation is 1. The van der Waals surface area contributed by atoms with Crippen molar-refractivity contribution in [3.63, 3.8) is 0 Å². The Kier molecular flexibility index (Phi) is 5.08. The van der Waals surface area contributed by atoms with Crippen molar-refractivity contribution in [1.29, 1.82) is 0 Å². The fraction of sp³-hybridized carbons (Fsp3) is 0.176. The van der Waals surface area contributed by atoms with Crippen molar-refractivity contribution in [3.8, 4) is 11.8 Å². The van der Waals surface area contributed by atoms with Gasteiger partial charge in [-0.2, -0.15) is 0 Å². The molecule has 0 aliphatic rings. The predicted octanol–water partition coefficient (Wildman–Crippen LogP) is 1.63. The lowest BCUT2D eigenvalue weighted by Crippen LogP contribution is -2.23. The molecule has 4 heteroatoms. The maximum absolute atomic E-state index is 12.3. The number of hydrogen-bond donors (Lipinski definition) is 2. The lowest BCUT2D eigenvalue weighted by atomic mass is 10.0. The summed E-state index contributed by atoms with van der Waals surface area (Å²) < 4.78 is 0. The third-order valence-corrected chi connectivity index (χ3v) is 2.92. The van der Waals surface area contributed by atoms with Crippen LogP contribution in [0.2, 0.25) is 0 Å². The number of carbonyl (C=O) groups excluding carboxylic acids is 1. The number of aromatic nitrogens is 1. The van der Waals surface area contributed by atoms with Crippen molar-refractivity contribution < 1.29 is 4.79 Å². The first-order chi connectivity index (χ1) is 10.2. The second-order valence-corrected chi connectivity index (χ2v) is 4.60. The van der Waals surface area contributed by atoms with Crippen LogP contribution in [0.25, 0.3) is 0 Å². The van der Waals surface area contributed by atoms with E-state index in [-0.39, 0.29) is 12.5 Å². The van der Waals surface area contributed by atoms with Crippen LogP contribution in [0.4, 0.5) is 0 Å². The van der Waals surface area contributed by atoms with Crippen molar-refractivity contribution >= 4 is 5.91 Å². The summed E-state index contributed by atoms with van der Waals surface area (Å²) in [6.07, 6.45) is 3.43. The van der Waals surface area contributed by atoms with Crippen LogP contribution in [0.1, 0.15) is 27.0 Å². The number of nitrogens with two attached hydrogens (primary N) is 1. The molecule has 0 unspecified atom stereocenters. The second-order valence-electron chi connectivity index (χ2n) is 4.60. The van der Waals surface area contributed by atoms with Crippen molar-refractivity contribution in [2.24, 2.45) is 5.73 Å². The van der Waals surface area contributed by atoms with Gasteiger partial charge in [0.1, 0.15) is 0 Å². The highest BCUT2D eigenvalue weighted by Gasteiger charge is 2.10. The fourth-order valence-corrected chi connectivity index (χ4v) is 1.89. The van der Waals surface area contributed by atoms with E-state index in [0.29, 0.717) is 17.7 Å². The van der Waals surface area contributed by atoms with Crippen LogP contribution >= 0.6 is 0 Å². The van der Waals surface area contributed by atoms with E-state index in [2.05, 4.69) is 22.1 Å². The van der Waals surface area contributed by atoms with Gasteiger partial charge in [0, 0.05) is 24.5 Å². The number of nitrogens with one attached hydrogen (secondary N) is 1. The minimum absolute atomic E-state index is 0.153. The molecule has 0 bridgehead atoms. The normalized spacial score (nSPS) is 9.62. The number of benzene rings is 1. The number of carbonyl (C=O) groups is 1. The van der Waals surface area contributed by atoms with Crippen molar-refractivity contribution in [1.82, 2.24) is 10.3 Å². The summed E-state index contributed by atoms with van der Waals surface area (Å²) in [6.45, 7) is 2.67. The summed E-state index contributed by atoms with van der Waals surface area (Å²) in [7, 11) is 0. The van der Waals surface area contributed by atoms with Crippen molar-refractivity contribution in [2.45, 2.75) is 13.5 Å². The van der Waals surface area contributed by atoms with Gasteiger partial charge in [-0.05, 0) is 36.2 Å². The van der Waals surface area contributed by atoms with Crippen molar-refractivity contribution in [3.05, 3.63) is 65.0 Å². The Morgan fingerprint density at radius 3 is 2.95 bits per heavy atom. The van der Waals surface area contributed by atoms with Gasteiger partial charge in [-0.3, -0.25) is 9.78 Å². The largest absolute Gasteiger partial charge is 0.348 e. The molecule has 0 atom stereocenters. The maximum Gasteiger partial charge on any atom is 0.252 e. The molecule has 0 radical (unpaired) electrons. The fourth-order valence-electron chi connectivity index (χ4n) is 1.89. The van der Waals surface area contributed by atoms with Gasteiger partial charge in [-0.15, -0.1) is 0 Å². The number of pyridine rings is 1. The van der Waals surface area contributed by atoms with E-state index in [0.717, 1.165) is 11.1 Å². The highest BCUT2D eigenvalue weighted by atomic mass is 16.1. The lowest BCUT2D eigenvalue weighted by Gasteiger charge is -2.08. The summed E-state index contributed by atoms with van der Waals surface area (Å²) in [6, 6.07) is 9.33. The molecule has 3 N–H and O–H groups in total. The number of amides is 1. The molecule has 0 aliphatic carbocycles. The van der Waals surface area contributed by atoms with Crippen LogP contribution in [-0.4, -0.2) is 17.4 Å². The zero-order valence-electron chi connectivity index (χ0n) is 11.9. The Labute approximate surface area is 124 Å². The number of rotatable bonds is 3. The van der Waals surface area contributed by atoms with Crippen LogP contribution in [0, 0.1) is 18.8 Å². The lowest BCUT2D eigenvalue weighted by molar-refractivity contribution is 0.0950. The maximum atomic E-state index is 12.3. The third-order valence-electron chi connectivity index (χ3n) is 2.92. The van der Waals surface area contributed by atoms with Crippen LogP contribution in [-0.2, 0) is 6.54 Å². The Morgan fingerprint density at radius 2 is 2.24 bits per heavy atom. The summed E-state index contributed by atoms with van der Waals surface area (Å²) in [4.78, 5) is 16.3. The SMILES string of the molecule is Cc1ccc(C(=O)NCc2cccnc2)c(C#CCN)c1. The molecule has 2 aromatic rings. The van der Waals surface area contributed by atoms with Gasteiger partial charge in [0.05, 0.1) is 12.1 Å². The summed E-state index contributed by atoms with van der Waals surface area (Å²) in [5.41, 5.74) is 8.66. The van der Waals surface area contributed by atoms with Gasteiger partial charge in [0.25, 0.3) is 5.91 Å². The van der Waals surface area contributed by atoms with E-state index >= 15 is 0 Å². The first kappa shape index (κ1) is 14.8. The average molecular weight is 279 g/mol. The van der Waals surface area contributed by atoms with E-state index in [1.165, 1.54) is 0 Å². The molecule has 106 valence electrons. The van der Waals surface area contributed by atoms with Gasteiger partial charge < -0.3 is 11.1 Å². The molecule has 0 saturated heterocycles. The highest BCUT2D eigenvalue weighted by molar-refractivity contribution is 5.96. The van der Waals surface area contributed by atoms with Crippen LogP contribution in [0.5, 0.6) is 0 Å². The molecule has 21 heavy (non-hydrogen) atoms. The Morgan fingerprint density at radius 1 is 1.38 bits per heavy atom. The van der Waals surface area contributed by atoms with E-state index < -0.39 is 0 Å². The topological polar surface area (TPSA) is 68.0 Å². The Bertz CT molecular complexity index is 684. The van der Waals surface area contributed by atoms with E-state index in [9.17, 15) is 4.79 Å². The molecular formula is C17H17N3O. The predicted molar refractivity (Wildman–Crippen MR) is 82.5 cm³/mol. The molecule has 0 spiro atoms. The summed E-state index contributed by atoms with van der Waals surface area (Å²) >= 11 is 0. The van der Waals surface area contributed by atoms with E-state index in [4.69, 9.17) is 5.73 Å². The Hall–Kier alpha value is -2.64. The molecular weight excluding hydrogens is 262 g/mol. The minimum atomic E-state index is -0.153. The highest BCUT2D eigenvalue weighted by Crippen LogP contribution is 2.11. The van der Waals surface area contributed by atoms with Gasteiger partial charge in [-0.1, -0.05) is 24.0 Å². The summed E-state index contributed by atoms with van der Waals surface area (Å²) in [5, 5.41) is 2.87. The quantitative estimate of drug-likeness (QED) is 0.839. The molecule has 1 amide bonds. The minimum Gasteiger partial charge on any atom is -0.348 e. The molecule has 1 aromatic heterocycles. The van der Waals surface area contributed by atoms with Gasteiger partial charge in [0.15, 0.2) is 0 Å². The van der Waals surface area contributed by atoms with Gasteiger partial charge in [-0.25, -0.2) is 0 Å². The van der Waals surface area contributed by atoms with Crippen molar-refractivity contribution in [2.75, 3.05) is 6.54 Å². The number of hydrogen-bond acceptors (Lipinski definition) is 3. The van der Waals surface area contributed by atoms with E-state index in [1.54, 1.807) is 18.5 Å². The first-order valence-corrected chi connectivity index (χ1v) is 6.67. The number of nitrogens with zero attached hydrogens (tertiary/aromatic N) is 1. The first-order valence-electron chi connectivity index (χ1n) is 6.67. The molecule has 4 nitrogen and oxygen atoms in total. The average Bonchev–Trinajstić information content (AvgIpc) is 2.51. The third kappa shape index (κ3) is 4.16. The Balaban J connectivity index is 2.15. The van der Waals surface area contributed by atoms with E-state index in [1.807, 2.05) is 31.2 Å². The molecule has 1 aromatic carbocycles. The van der Waals surface area contributed by atoms with Crippen LogP contribution < -0.4 is 11.1 Å². The van der Waals surface area contributed by atoms with Crippen LogP contribution in [0.15, 0.2) is 42.7 Å². The zero-order chi connectivity index (χ0) is 15.1. The molecule has 2 rings (SSSR count). The molecule has 0 fully saturated rings. The standard InChI is InChI=1S/C17H17N3O/c1-13-6-7-16(15(10-13)5-2-8-18)17(21)20-12-14-4-3-9-19-11-14/h3-4,6-7,9-11H,8,12,18H2,1H3,(H,20,21). The van der Waals surface area contributed by atoms with Gasteiger partial charge in [0.2, 0.25) is 0 Å². The van der Waals surface area contributed by atoms with Crippen LogP contribution in [0.3, 0.4) is 0 Å². The molecule has 0 saturated carbocycles. The molecule has 1 heterocycles. The zero-order valence-corrected chi connectivity index (χ0v) is 11.9. The monoisotopic (exact) mass is 279 g/mol. The molecule has 0 aliphatic heterocycles. The van der Waals surface area contributed by atoms with Gasteiger partial charge >= 0.3 is 0 Å². The second kappa shape index (κ2) is 7.22.